The highest BCUT2D eigenvalue weighted by Gasteiger charge is 2.13. The van der Waals surface area contributed by atoms with Gasteiger partial charge in [0.05, 0.1) is 11.3 Å². The Hall–Kier alpha value is -4.27. The fourth-order valence-electron chi connectivity index (χ4n) is 2.50. The lowest BCUT2D eigenvalue weighted by atomic mass is 10.2. The van der Waals surface area contributed by atoms with Gasteiger partial charge in [0.15, 0.2) is 6.61 Å². The Morgan fingerprint density at radius 1 is 0.774 bits per heavy atom. The van der Waals surface area contributed by atoms with E-state index < -0.39 is 36.1 Å². The van der Waals surface area contributed by atoms with Gasteiger partial charge >= 0.3 is 12.0 Å². The number of benzene rings is 3. The molecule has 0 saturated carbocycles. The van der Waals surface area contributed by atoms with Crippen LogP contribution in [0.3, 0.4) is 0 Å². The summed E-state index contributed by atoms with van der Waals surface area (Å²) in [4.78, 5) is 35.8. The van der Waals surface area contributed by atoms with Crippen molar-refractivity contribution in [2.75, 3.05) is 22.6 Å². The Labute approximate surface area is 176 Å². The molecule has 0 fully saturated rings. The van der Waals surface area contributed by atoms with Gasteiger partial charge in [-0.05, 0) is 48.5 Å². The fourth-order valence-corrected chi connectivity index (χ4v) is 2.50. The number of ether oxygens (including phenoxy) is 1. The first-order valence-corrected chi connectivity index (χ1v) is 9.06. The standard InChI is InChI=1S/C22H17F2N3O4/c23-15-8-11-19(18(24)12-15)27-20(28)13-31-21(29)14-6-9-17(10-7-14)26-22(30)25-16-4-2-1-3-5-16/h1-12H,13H2,(H,27,28)(H2,25,26,30). The lowest BCUT2D eigenvalue weighted by Crippen LogP contribution is -2.21. The second-order valence-electron chi connectivity index (χ2n) is 6.27. The van der Waals surface area contributed by atoms with Crippen molar-refractivity contribution < 1.29 is 27.9 Å². The summed E-state index contributed by atoms with van der Waals surface area (Å²) in [5.74, 6) is -3.29. The number of halogens is 2. The molecular weight excluding hydrogens is 408 g/mol. The quantitative estimate of drug-likeness (QED) is 0.510. The molecule has 0 aromatic heterocycles. The Bertz CT molecular complexity index is 1090. The molecule has 3 rings (SSSR count). The number of carbonyl (C=O) groups excluding carboxylic acids is 3. The Morgan fingerprint density at radius 3 is 2.06 bits per heavy atom. The van der Waals surface area contributed by atoms with E-state index in [1.807, 2.05) is 6.07 Å². The third-order valence-corrected chi connectivity index (χ3v) is 3.95. The van der Waals surface area contributed by atoms with Crippen LogP contribution in [0.4, 0.5) is 30.6 Å². The van der Waals surface area contributed by atoms with Gasteiger partial charge in [-0.15, -0.1) is 0 Å². The van der Waals surface area contributed by atoms with Crippen molar-refractivity contribution >= 4 is 35.0 Å². The first-order valence-electron chi connectivity index (χ1n) is 9.06. The molecule has 0 aliphatic rings. The maximum Gasteiger partial charge on any atom is 0.338 e. The summed E-state index contributed by atoms with van der Waals surface area (Å²) in [6.07, 6.45) is 0. The van der Waals surface area contributed by atoms with Crippen molar-refractivity contribution in [1.82, 2.24) is 0 Å². The van der Waals surface area contributed by atoms with Gasteiger partial charge in [0.25, 0.3) is 5.91 Å². The molecule has 0 heterocycles. The molecular formula is C22H17F2N3O4. The Balaban J connectivity index is 1.48. The average molecular weight is 425 g/mol. The van der Waals surface area contributed by atoms with Crippen molar-refractivity contribution in [3.63, 3.8) is 0 Å². The first kappa shape index (κ1) is 21.4. The molecule has 0 spiro atoms. The van der Waals surface area contributed by atoms with Crippen LogP contribution in [0.1, 0.15) is 10.4 Å². The van der Waals surface area contributed by atoms with Crippen molar-refractivity contribution in [2.45, 2.75) is 0 Å². The van der Waals surface area contributed by atoms with Crippen LogP contribution in [0.15, 0.2) is 72.8 Å². The molecule has 0 radical (unpaired) electrons. The fraction of sp³-hybridized carbons (Fsp3) is 0.0455. The highest BCUT2D eigenvalue weighted by Crippen LogP contribution is 2.15. The Kier molecular flexibility index (Phi) is 6.89. The van der Waals surface area contributed by atoms with Crippen molar-refractivity contribution in [3.8, 4) is 0 Å². The van der Waals surface area contributed by atoms with Crippen LogP contribution in [0.2, 0.25) is 0 Å². The predicted octanol–water partition coefficient (Wildman–Crippen LogP) is 4.40. The molecule has 31 heavy (non-hydrogen) atoms. The number of rotatable bonds is 6. The molecule has 3 amide bonds. The van der Waals surface area contributed by atoms with Gasteiger partial charge in [0.2, 0.25) is 0 Å². The molecule has 9 heteroatoms. The molecule has 3 N–H and O–H groups in total. The number of nitrogens with one attached hydrogen (secondary N) is 3. The molecule has 3 aromatic carbocycles. The molecule has 0 aliphatic carbocycles. The van der Waals surface area contributed by atoms with Crippen LogP contribution in [0, 0.1) is 11.6 Å². The van der Waals surface area contributed by atoms with E-state index in [0.717, 1.165) is 12.1 Å². The summed E-state index contributed by atoms with van der Waals surface area (Å²) < 4.78 is 31.3. The van der Waals surface area contributed by atoms with Crippen LogP contribution in [0.25, 0.3) is 0 Å². The van der Waals surface area contributed by atoms with Crippen LogP contribution in [-0.2, 0) is 9.53 Å². The topological polar surface area (TPSA) is 96.5 Å². The third kappa shape index (κ3) is 6.36. The van der Waals surface area contributed by atoms with Crippen LogP contribution in [-0.4, -0.2) is 24.5 Å². The smallest absolute Gasteiger partial charge is 0.338 e. The summed E-state index contributed by atoms with van der Waals surface area (Å²) in [7, 11) is 0. The van der Waals surface area contributed by atoms with E-state index in [9.17, 15) is 23.2 Å². The molecule has 0 aliphatic heterocycles. The number of urea groups is 1. The van der Waals surface area contributed by atoms with Gasteiger partial charge < -0.3 is 20.7 Å². The van der Waals surface area contributed by atoms with Gasteiger partial charge in [-0.2, -0.15) is 0 Å². The molecule has 0 unspecified atom stereocenters. The van der Waals surface area contributed by atoms with Crippen LogP contribution >= 0.6 is 0 Å². The van der Waals surface area contributed by atoms with Gasteiger partial charge in [0.1, 0.15) is 11.6 Å². The molecule has 0 atom stereocenters. The maximum atomic E-state index is 13.5. The second kappa shape index (κ2) is 9.97. The molecule has 7 nitrogen and oxygen atoms in total. The number of carbonyl (C=O) groups is 3. The monoisotopic (exact) mass is 425 g/mol. The summed E-state index contributed by atoms with van der Waals surface area (Å²) in [6, 6.07) is 16.9. The van der Waals surface area contributed by atoms with Gasteiger partial charge in [-0.3, -0.25) is 4.79 Å². The minimum Gasteiger partial charge on any atom is -0.452 e. The zero-order chi connectivity index (χ0) is 22.2. The zero-order valence-corrected chi connectivity index (χ0v) is 16.0. The normalized spacial score (nSPS) is 10.1. The number of hydrogen-bond donors (Lipinski definition) is 3. The van der Waals surface area contributed by atoms with E-state index in [-0.39, 0.29) is 11.3 Å². The molecule has 158 valence electrons. The average Bonchev–Trinajstić information content (AvgIpc) is 2.75. The zero-order valence-electron chi connectivity index (χ0n) is 16.0. The minimum absolute atomic E-state index is 0.148. The second-order valence-corrected chi connectivity index (χ2v) is 6.27. The maximum absolute atomic E-state index is 13.5. The number of para-hydroxylation sites is 1. The van der Waals surface area contributed by atoms with Crippen molar-refractivity contribution in [3.05, 3.63) is 90.0 Å². The SMILES string of the molecule is O=C(COC(=O)c1ccc(NC(=O)Nc2ccccc2)cc1)Nc1ccc(F)cc1F. The number of anilines is 3. The van der Waals surface area contributed by atoms with E-state index in [2.05, 4.69) is 16.0 Å². The molecule has 0 bridgehead atoms. The van der Waals surface area contributed by atoms with E-state index in [4.69, 9.17) is 4.74 Å². The molecule has 3 aromatic rings. The van der Waals surface area contributed by atoms with Gasteiger partial charge in [0, 0.05) is 17.4 Å². The van der Waals surface area contributed by atoms with E-state index in [1.54, 1.807) is 24.3 Å². The highest BCUT2D eigenvalue weighted by molar-refractivity contribution is 6.00. The number of hydrogen-bond acceptors (Lipinski definition) is 4. The minimum atomic E-state index is -0.945. The van der Waals surface area contributed by atoms with E-state index >= 15 is 0 Å². The number of amides is 3. The van der Waals surface area contributed by atoms with Gasteiger partial charge in [-0.25, -0.2) is 18.4 Å². The lowest BCUT2D eigenvalue weighted by molar-refractivity contribution is -0.119. The largest absolute Gasteiger partial charge is 0.452 e. The van der Waals surface area contributed by atoms with Crippen LogP contribution < -0.4 is 16.0 Å². The van der Waals surface area contributed by atoms with Gasteiger partial charge in [-0.1, -0.05) is 18.2 Å². The summed E-state index contributed by atoms with van der Waals surface area (Å²) in [5, 5.41) is 7.45. The predicted molar refractivity (Wildman–Crippen MR) is 111 cm³/mol. The van der Waals surface area contributed by atoms with E-state index in [1.165, 1.54) is 24.3 Å². The summed E-state index contributed by atoms with van der Waals surface area (Å²) in [6.45, 7) is -0.658. The van der Waals surface area contributed by atoms with E-state index in [0.29, 0.717) is 17.4 Å². The molecule has 0 saturated heterocycles. The summed E-state index contributed by atoms with van der Waals surface area (Å²) in [5.41, 5.74) is 0.981. The number of esters is 1. The highest BCUT2D eigenvalue weighted by atomic mass is 19.1. The Morgan fingerprint density at radius 2 is 1.42 bits per heavy atom. The lowest BCUT2D eigenvalue weighted by Gasteiger charge is -2.09. The first-order chi connectivity index (χ1) is 14.9. The summed E-state index contributed by atoms with van der Waals surface area (Å²) >= 11 is 0. The van der Waals surface area contributed by atoms with Crippen LogP contribution in [0.5, 0.6) is 0 Å². The third-order valence-electron chi connectivity index (χ3n) is 3.95. The van der Waals surface area contributed by atoms with Crippen molar-refractivity contribution in [1.29, 1.82) is 0 Å². The van der Waals surface area contributed by atoms with Crippen molar-refractivity contribution in [2.24, 2.45) is 0 Å².